The number of aromatic nitrogens is 1. The van der Waals surface area contributed by atoms with Crippen molar-refractivity contribution in [3.05, 3.63) is 41.9 Å². The van der Waals surface area contributed by atoms with Crippen LogP contribution in [-0.4, -0.2) is 13.4 Å². The average molecular weight is 299 g/mol. The van der Waals surface area contributed by atoms with E-state index in [0.29, 0.717) is 5.89 Å². The van der Waals surface area contributed by atoms with Gasteiger partial charge in [0.1, 0.15) is 11.6 Å². The number of hydrogen-bond acceptors (Lipinski definition) is 5. The highest BCUT2D eigenvalue weighted by Crippen LogP contribution is 2.19. The Balaban J connectivity index is 2.10. The number of sulfonamides is 1. The number of rotatable bonds is 5. The molecule has 1 aromatic carbocycles. The van der Waals surface area contributed by atoms with E-state index in [4.69, 9.17) is 9.56 Å². The Morgan fingerprint density at radius 2 is 2.20 bits per heavy atom. The fraction of sp³-hybridized carbons (Fsp3) is 0.250. The van der Waals surface area contributed by atoms with Gasteiger partial charge < -0.3 is 9.73 Å². The number of oxazole rings is 1. The molecule has 0 unspecified atom stereocenters. The Kier molecular flexibility index (Phi) is 4.05. The summed E-state index contributed by atoms with van der Waals surface area (Å²) in [5.41, 5.74) is 0.147. The number of primary sulfonamides is 1. The highest BCUT2D eigenvalue weighted by atomic mass is 32.2. The lowest BCUT2D eigenvalue weighted by atomic mass is 10.3. The van der Waals surface area contributed by atoms with E-state index in [0.717, 1.165) is 18.2 Å². The van der Waals surface area contributed by atoms with Gasteiger partial charge in [0, 0.05) is 6.42 Å². The lowest BCUT2D eigenvalue weighted by Crippen LogP contribution is -2.12. The van der Waals surface area contributed by atoms with E-state index in [1.807, 2.05) is 6.92 Å². The van der Waals surface area contributed by atoms with Gasteiger partial charge in [-0.2, -0.15) is 0 Å². The maximum atomic E-state index is 13.7. The van der Waals surface area contributed by atoms with Gasteiger partial charge in [0.15, 0.2) is 0 Å². The van der Waals surface area contributed by atoms with Gasteiger partial charge in [-0.1, -0.05) is 6.92 Å². The lowest BCUT2D eigenvalue weighted by molar-refractivity contribution is 0.465. The van der Waals surface area contributed by atoms with E-state index in [2.05, 4.69) is 10.3 Å². The summed E-state index contributed by atoms with van der Waals surface area (Å²) < 4.78 is 41.2. The van der Waals surface area contributed by atoms with Crippen LogP contribution in [-0.2, 0) is 23.0 Å². The van der Waals surface area contributed by atoms with Gasteiger partial charge in [-0.25, -0.2) is 22.9 Å². The number of halogens is 1. The minimum absolute atomic E-state index is 0.147. The molecule has 0 aliphatic rings. The van der Waals surface area contributed by atoms with Crippen molar-refractivity contribution in [2.45, 2.75) is 24.8 Å². The monoisotopic (exact) mass is 299 g/mol. The lowest BCUT2D eigenvalue weighted by Gasteiger charge is -2.06. The van der Waals surface area contributed by atoms with Crippen LogP contribution in [0.5, 0.6) is 0 Å². The molecule has 0 radical (unpaired) electrons. The third-order valence-electron chi connectivity index (χ3n) is 2.65. The fourth-order valence-electron chi connectivity index (χ4n) is 1.58. The summed E-state index contributed by atoms with van der Waals surface area (Å²) in [5.74, 6) is 0.461. The summed E-state index contributed by atoms with van der Waals surface area (Å²) in [7, 11) is -3.91. The summed E-state index contributed by atoms with van der Waals surface area (Å²) in [6.07, 6.45) is 2.34. The molecule has 0 spiro atoms. The molecule has 0 aliphatic carbocycles. The Morgan fingerprint density at radius 1 is 1.45 bits per heavy atom. The number of benzene rings is 1. The SMILES string of the molecule is CCc1cnc(CNc2ccc(S(N)(=O)=O)cc2F)o1. The Morgan fingerprint density at radius 3 is 2.75 bits per heavy atom. The average Bonchev–Trinajstić information content (AvgIpc) is 2.84. The fourth-order valence-corrected chi connectivity index (χ4v) is 2.11. The molecule has 2 aromatic rings. The maximum Gasteiger partial charge on any atom is 0.238 e. The Labute approximate surface area is 115 Å². The highest BCUT2D eigenvalue weighted by molar-refractivity contribution is 7.89. The molecule has 0 fully saturated rings. The van der Waals surface area contributed by atoms with E-state index >= 15 is 0 Å². The van der Waals surface area contributed by atoms with Crippen LogP contribution in [0.4, 0.5) is 10.1 Å². The van der Waals surface area contributed by atoms with Crippen LogP contribution in [0.15, 0.2) is 33.7 Å². The van der Waals surface area contributed by atoms with E-state index in [-0.39, 0.29) is 17.1 Å². The molecular weight excluding hydrogens is 285 g/mol. The van der Waals surface area contributed by atoms with Gasteiger partial charge in [-0.05, 0) is 18.2 Å². The van der Waals surface area contributed by atoms with Crippen LogP contribution in [0.25, 0.3) is 0 Å². The van der Waals surface area contributed by atoms with Crippen molar-refractivity contribution in [3.63, 3.8) is 0 Å². The van der Waals surface area contributed by atoms with Gasteiger partial charge in [-0.15, -0.1) is 0 Å². The number of hydrogen-bond donors (Lipinski definition) is 2. The zero-order valence-electron chi connectivity index (χ0n) is 10.8. The van der Waals surface area contributed by atoms with Crippen molar-refractivity contribution >= 4 is 15.7 Å². The Hall–Kier alpha value is -1.93. The van der Waals surface area contributed by atoms with Crippen molar-refractivity contribution in [1.82, 2.24) is 4.98 Å². The highest BCUT2D eigenvalue weighted by Gasteiger charge is 2.12. The van der Waals surface area contributed by atoms with Crippen LogP contribution in [0, 0.1) is 5.82 Å². The van der Waals surface area contributed by atoms with E-state index in [1.54, 1.807) is 6.20 Å². The predicted molar refractivity (Wildman–Crippen MR) is 71.0 cm³/mol. The number of nitrogens with one attached hydrogen (secondary N) is 1. The molecule has 3 N–H and O–H groups in total. The molecule has 0 saturated carbocycles. The van der Waals surface area contributed by atoms with Gasteiger partial charge in [0.2, 0.25) is 15.9 Å². The summed E-state index contributed by atoms with van der Waals surface area (Å²) in [6, 6.07) is 3.40. The van der Waals surface area contributed by atoms with Crippen molar-refractivity contribution in [2.24, 2.45) is 5.14 Å². The van der Waals surface area contributed by atoms with Crippen molar-refractivity contribution < 1.29 is 17.2 Å². The Bertz CT molecular complexity index is 712. The first-order valence-electron chi connectivity index (χ1n) is 5.90. The zero-order chi connectivity index (χ0) is 14.8. The van der Waals surface area contributed by atoms with Gasteiger partial charge in [0.25, 0.3) is 0 Å². The summed E-state index contributed by atoms with van der Waals surface area (Å²) in [6.45, 7) is 2.13. The molecule has 0 aliphatic heterocycles. The normalized spacial score (nSPS) is 11.6. The molecule has 0 amide bonds. The molecular formula is C12H14FN3O3S. The molecule has 1 heterocycles. The first-order chi connectivity index (χ1) is 9.40. The van der Waals surface area contributed by atoms with Crippen LogP contribution in [0.1, 0.15) is 18.6 Å². The van der Waals surface area contributed by atoms with Crippen LogP contribution < -0.4 is 10.5 Å². The van der Waals surface area contributed by atoms with Gasteiger partial charge in [-0.3, -0.25) is 0 Å². The predicted octanol–water partition coefficient (Wildman–Crippen LogP) is 1.64. The quantitative estimate of drug-likeness (QED) is 0.874. The third kappa shape index (κ3) is 3.34. The molecule has 0 saturated heterocycles. The number of anilines is 1. The molecule has 0 atom stereocenters. The number of nitrogens with two attached hydrogens (primary N) is 1. The largest absolute Gasteiger partial charge is 0.444 e. The molecule has 1 aromatic heterocycles. The van der Waals surface area contributed by atoms with E-state index in [1.165, 1.54) is 12.1 Å². The maximum absolute atomic E-state index is 13.7. The second-order valence-electron chi connectivity index (χ2n) is 4.11. The van der Waals surface area contributed by atoms with Gasteiger partial charge >= 0.3 is 0 Å². The number of aryl methyl sites for hydroxylation is 1. The van der Waals surface area contributed by atoms with Crippen molar-refractivity contribution in [3.8, 4) is 0 Å². The first-order valence-corrected chi connectivity index (χ1v) is 7.44. The van der Waals surface area contributed by atoms with Crippen LogP contribution in [0.3, 0.4) is 0 Å². The van der Waals surface area contributed by atoms with Crippen LogP contribution >= 0.6 is 0 Å². The van der Waals surface area contributed by atoms with Crippen LogP contribution in [0.2, 0.25) is 0 Å². The van der Waals surface area contributed by atoms with E-state index in [9.17, 15) is 12.8 Å². The van der Waals surface area contributed by atoms with Crippen molar-refractivity contribution in [2.75, 3.05) is 5.32 Å². The van der Waals surface area contributed by atoms with E-state index < -0.39 is 15.8 Å². The zero-order valence-corrected chi connectivity index (χ0v) is 11.6. The topological polar surface area (TPSA) is 98.2 Å². The molecule has 0 bridgehead atoms. The standard InChI is InChI=1S/C12H14FN3O3S/c1-2-8-6-16-12(19-8)7-15-11-4-3-9(5-10(11)13)20(14,17)18/h3-6,15H,2,7H2,1H3,(H2,14,17,18). The minimum Gasteiger partial charge on any atom is -0.444 e. The van der Waals surface area contributed by atoms with Gasteiger partial charge in [0.05, 0.1) is 23.3 Å². The summed E-state index contributed by atoms with van der Waals surface area (Å²) in [4.78, 5) is 3.75. The second-order valence-corrected chi connectivity index (χ2v) is 5.68. The molecule has 8 heteroatoms. The molecule has 20 heavy (non-hydrogen) atoms. The molecule has 2 rings (SSSR count). The number of nitrogens with zero attached hydrogens (tertiary/aromatic N) is 1. The second kappa shape index (κ2) is 5.59. The third-order valence-corrected chi connectivity index (χ3v) is 3.56. The first kappa shape index (κ1) is 14.5. The summed E-state index contributed by atoms with van der Waals surface area (Å²) in [5, 5.41) is 7.70. The molecule has 108 valence electrons. The molecule has 6 nitrogen and oxygen atoms in total. The summed E-state index contributed by atoms with van der Waals surface area (Å²) >= 11 is 0. The van der Waals surface area contributed by atoms with Crippen molar-refractivity contribution in [1.29, 1.82) is 0 Å². The minimum atomic E-state index is -3.91. The smallest absolute Gasteiger partial charge is 0.238 e.